The second-order valence-corrected chi connectivity index (χ2v) is 7.85. The van der Waals surface area contributed by atoms with E-state index in [0.717, 1.165) is 57.0 Å². The van der Waals surface area contributed by atoms with Crippen molar-refractivity contribution >= 4 is 10.9 Å². The maximum atomic E-state index is 6.38. The average Bonchev–Trinajstić information content (AvgIpc) is 3.28. The summed E-state index contributed by atoms with van der Waals surface area (Å²) in [5.74, 6) is 3.32. The van der Waals surface area contributed by atoms with E-state index in [1.165, 1.54) is 29.6 Å². The molecule has 1 fully saturated rings. The van der Waals surface area contributed by atoms with Crippen LogP contribution in [0.25, 0.3) is 10.9 Å². The SMILES string of the molecule is Cn1ccc2c(OC3CCN(Cc4nnc5n4CCCC5)CC3)cccc21. The molecule has 1 aromatic carbocycles. The van der Waals surface area contributed by atoms with E-state index < -0.39 is 0 Å². The molecule has 6 heteroatoms. The summed E-state index contributed by atoms with van der Waals surface area (Å²) in [6, 6.07) is 8.47. The molecule has 5 rings (SSSR count). The molecule has 2 aliphatic rings. The van der Waals surface area contributed by atoms with E-state index in [-0.39, 0.29) is 0 Å². The van der Waals surface area contributed by atoms with Gasteiger partial charge < -0.3 is 13.9 Å². The zero-order valence-electron chi connectivity index (χ0n) is 16.0. The van der Waals surface area contributed by atoms with Gasteiger partial charge in [0.2, 0.25) is 0 Å². The van der Waals surface area contributed by atoms with E-state index >= 15 is 0 Å². The molecule has 0 spiro atoms. The fraction of sp³-hybridized carbons (Fsp3) is 0.524. The zero-order valence-corrected chi connectivity index (χ0v) is 16.0. The lowest BCUT2D eigenvalue weighted by molar-refractivity contribution is 0.0957. The number of likely N-dealkylation sites (tertiary alicyclic amines) is 1. The predicted octanol–water partition coefficient (Wildman–Crippen LogP) is 3.15. The Bertz CT molecular complexity index is 935. The summed E-state index contributed by atoms with van der Waals surface area (Å²) in [7, 11) is 2.08. The Morgan fingerprint density at radius 2 is 1.96 bits per heavy atom. The van der Waals surface area contributed by atoms with Crippen molar-refractivity contribution in [2.75, 3.05) is 13.1 Å². The third-order valence-electron chi connectivity index (χ3n) is 6.02. The lowest BCUT2D eigenvalue weighted by Gasteiger charge is -2.32. The number of rotatable bonds is 4. The monoisotopic (exact) mass is 365 g/mol. The largest absolute Gasteiger partial charge is 0.490 e. The first-order valence-corrected chi connectivity index (χ1v) is 10.1. The van der Waals surface area contributed by atoms with E-state index in [1.54, 1.807) is 0 Å². The molecule has 27 heavy (non-hydrogen) atoms. The van der Waals surface area contributed by atoms with Crippen molar-refractivity contribution in [3.05, 3.63) is 42.1 Å². The van der Waals surface area contributed by atoms with Gasteiger partial charge in [-0.25, -0.2) is 0 Å². The van der Waals surface area contributed by atoms with Gasteiger partial charge in [0.25, 0.3) is 0 Å². The molecule has 1 saturated heterocycles. The summed E-state index contributed by atoms with van der Waals surface area (Å²) in [5.41, 5.74) is 1.22. The number of hydrogen-bond acceptors (Lipinski definition) is 4. The molecule has 0 saturated carbocycles. The van der Waals surface area contributed by atoms with Gasteiger partial charge in [-0.05, 0) is 43.9 Å². The highest BCUT2D eigenvalue weighted by molar-refractivity contribution is 5.86. The number of hydrogen-bond donors (Lipinski definition) is 0. The van der Waals surface area contributed by atoms with Crippen LogP contribution in [0.15, 0.2) is 30.5 Å². The number of aromatic nitrogens is 4. The highest BCUT2D eigenvalue weighted by Gasteiger charge is 2.24. The molecule has 0 bridgehead atoms. The zero-order chi connectivity index (χ0) is 18.2. The number of benzene rings is 1. The van der Waals surface area contributed by atoms with E-state index in [1.807, 2.05) is 0 Å². The summed E-state index contributed by atoms with van der Waals surface area (Å²) in [4.78, 5) is 2.49. The van der Waals surface area contributed by atoms with Crippen LogP contribution in [0.3, 0.4) is 0 Å². The minimum absolute atomic E-state index is 0.291. The summed E-state index contributed by atoms with van der Waals surface area (Å²) in [5, 5.41) is 10.0. The molecular formula is C21H27N5O. The first kappa shape index (κ1) is 16.8. The molecule has 3 aromatic rings. The number of nitrogens with zero attached hydrogens (tertiary/aromatic N) is 5. The maximum Gasteiger partial charge on any atom is 0.147 e. The Morgan fingerprint density at radius 3 is 2.85 bits per heavy atom. The highest BCUT2D eigenvalue weighted by atomic mass is 16.5. The summed E-state index contributed by atoms with van der Waals surface area (Å²) in [6.07, 6.45) is 8.08. The lowest BCUT2D eigenvalue weighted by Crippen LogP contribution is -2.38. The van der Waals surface area contributed by atoms with Gasteiger partial charge in [0.1, 0.15) is 23.5 Å². The van der Waals surface area contributed by atoms with Crippen LogP contribution in [0.1, 0.15) is 37.3 Å². The molecule has 0 aliphatic carbocycles. The topological polar surface area (TPSA) is 48.1 Å². The molecule has 0 radical (unpaired) electrons. The van der Waals surface area contributed by atoms with Gasteiger partial charge in [0.15, 0.2) is 0 Å². The Balaban J connectivity index is 1.21. The number of fused-ring (bicyclic) bond motifs is 2. The number of ether oxygens (including phenoxy) is 1. The molecule has 4 heterocycles. The lowest BCUT2D eigenvalue weighted by atomic mass is 10.1. The molecule has 0 amide bonds. The van der Waals surface area contributed by atoms with Crippen molar-refractivity contribution in [2.24, 2.45) is 7.05 Å². The van der Waals surface area contributed by atoms with Gasteiger partial charge >= 0.3 is 0 Å². The smallest absolute Gasteiger partial charge is 0.147 e. The second-order valence-electron chi connectivity index (χ2n) is 7.85. The second kappa shape index (κ2) is 7.00. The fourth-order valence-electron chi connectivity index (χ4n) is 4.43. The molecule has 0 unspecified atom stereocenters. The molecule has 2 aromatic heterocycles. The van der Waals surface area contributed by atoms with Gasteiger partial charge in [-0.1, -0.05) is 6.07 Å². The molecule has 2 aliphatic heterocycles. The summed E-state index contributed by atoms with van der Waals surface area (Å²) < 4.78 is 10.9. The molecule has 6 nitrogen and oxygen atoms in total. The van der Waals surface area contributed by atoms with Gasteiger partial charge in [-0.15, -0.1) is 10.2 Å². The van der Waals surface area contributed by atoms with Crippen LogP contribution in [-0.4, -0.2) is 43.4 Å². The molecular weight excluding hydrogens is 338 g/mol. The Morgan fingerprint density at radius 1 is 1.07 bits per heavy atom. The maximum absolute atomic E-state index is 6.38. The summed E-state index contributed by atoms with van der Waals surface area (Å²) >= 11 is 0. The first-order valence-electron chi connectivity index (χ1n) is 10.1. The quantitative estimate of drug-likeness (QED) is 0.713. The van der Waals surface area contributed by atoms with Crippen LogP contribution in [0, 0.1) is 0 Å². The van der Waals surface area contributed by atoms with Crippen molar-refractivity contribution in [3.8, 4) is 5.75 Å². The first-order chi connectivity index (χ1) is 13.3. The summed E-state index contributed by atoms with van der Waals surface area (Å²) in [6.45, 7) is 4.10. The van der Waals surface area contributed by atoms with Crippen LogP contribution in [-0.2, 0) is 26.6 Å². The van der Waals surface area contributed by atoms with E-state index in [0.29, 0.717) is 6.10 Å². The van der Waals surface area contributed by atoms with Crippen LogP contribution in [0.4, 0.5) is 0 Å². The standard InChI is InChI=1S/C21H27N5O/c1-24-12-10-17-18(24)5-4-6-19(17)27-16-8-13-25(14-9-16)15-21-23-22-20-7-2-3-11-26(20)21/h4-6,10,12,16H,2-3,7-9,11,13-15H2,1H3. The van der Waals surface area contributed by atoms with Gasteiger partial charge in [0, 0.05) is 44.7 Å². The van der Waals surface area contributed by atoms with E-state index in [2.05, 4.69) is 61.7 Å². The van der Waals surface area contributed by atoms with Crippen LogP contribution >= 0.6 is 0 Å². The van der Waals surface area contributed by atoms with Crippen molar-refractivity contribution < 1.29 is 4.74 Å². The van der Waals surface area contributed by atoms with Crippen molar-refractivity contribution in [2.45, 2.75) is 51.3 Å². The predicted molar refractivity (Wildman–Crippen MR) is 105 cm³/mol. The van der Waals surface area contributed by atoms with E-state index in [4.69, 9.17) is 4.74 Å². The Hall–Kier alpha value is -2.34. The van der Waals surface area contributed by atoms with Crippen LogP contribution < -0.4 is 4.74 Å². The molecule has 142 valence electrons. The Kier molecular flexibility index (Phi) is 4.36. The highest BCUT2D eigenvalue weighted by Crippen LogP contribution is 2.29. The normalized spacial score (nSPS) is 18.7. The minimum atomic E-state index is 0.291. The van der Waals surface area contributed by atoms with Crippen molar-refractivity contribution in [1.82, 2.24) is 24.2 Å². The van der Waals surface area contributed by atoms with Crippen LogP contribution in [0.2, 0.25) is 0 Å². The number of piperidine rings is 1. The van der Waals surface area contributed by atoms with Gasteiger partial charge in [-0.2, -0.15) is 0 Å². The third-order valence-corrected chi connectivity index (χ3v) is 6.02. The van der Waals surface area contributed by atoms with Crippen molar-refractivity contribution in [3.63, 3.8) is 0 Å². The minimum Gasteiger partial charge on any atom is -0.490 e. The fourth-order valence-corrected chi connectivity index (χ4v) is 4.43. The van der Waals surface area contributed by atoms with Crippen molar-refractivity contribution in [1.29, 1.82) is 0 Å². The van der Waals surface area contributed by atoms with E-state index in [9.17, 15) is 0 Å². The number of aryl methyl sites for hydroxylation is 2. The van der Waals surface area contributed by atoms with Crippen LogP contribution in [0.5, 0.6) is 5.75 Å². The Labute approximate surface area is 159 Å². The average molecular weight is 365 g/mol. The van der Waals surface area contributed by atoms with Gasteiger partial charge in [-0.3, -0.25) is 4.90 Å². The third kappa shape index (κ3) is 3.23. The van der Waals surface area contributed by atoms with Gasteiger partial charge in [0.05, 0.1) is 12.1 Å². The molecule has 0 N–H and O–H groups in total. The molecule has 0 atom stereocenters.